The lowest BCUT2D eigenvalue weighted by Crippen LogP contribution is -2.49. The first-order valence-corrected chi connectivity index (χ1v) is 9.10. The Kier molecular flexibility index (Phi) is 5.34. The number of carbonyl (C=O) groups excluding carboxylic acids is 1. The van der Waals surface area contributed by atoms with Crippen molar-refractivity contribution in [2.24, 2.45) is 0 Å². The fourth-order valence-corrected chi connectivity index (χ4v) is 3.86. The fourth-order valence-electron chi connectivity index (χ4n) is 3.86. The van der Waals surface area contributed by atoms with Crippen LogP contribution in [0.2, 0.25) is 0 Å². The Morgan fingerprint density at radius 2 is 1.70 bits per heavy atom. The van der Waals surface area contributed by atoms with Crippen molar-refractivity contribution in [1.29, 1.82) is 0 Å². The second kappa shape index (κ2) is 7.46. The van der Waals surface area contributed by atoms with E-state index in [1.54, 1.807) is 12.4 Å². The zero-order valence-corrected chi connectivity index (χ0v) is 13.9. The molecule has 2 radical (unpaired) electrons. The Hall–Kier alpha value is -1.39. The van der Waals surface area contributed by atoms with E-state index in [4.69, 9.17) is 7.85 Å². The lowest BCUT2D eigenvalue weighted by molar-refractivity contribution is 0.0912. The number of amides is 1. The second-order valence-electron chi connectivity index (χ2n) is 7.19. The van der Waals surface area contributed by atoms with E-state index < -0.39 is 5.44 Å². The number of hydrogen-bond donors (Lipinski definition) is 1. The number of hydrogen-bond acceptors (Lipinski definition) is 3. The predicted octanol–water partition coefficient (Wildman–Crippen LogP) is 3.47. The molecule has 5 heteroatoms. The molecule has 2 aliphatic carbocycles. The average molecular weight is 311 g/mol. The van der Waals surface area contributed by atoms with Gasteiger partial charge < -0.3 is 5.32 Å². The van der Waals surface area contributed by atoms with Gasteiger partial charge in [0, 0.05) is 17.6 Å². The molecule has 0 atom stereocenters. The monoisotopic (exact) mass is 311 g/mol. The quantitative estimate of drug-likeness (QED) is 0.870. The molecule has 0 aliphatic heterocycles. The van der Waals surface area contributed by atoms with Gasteiger partial charge in [0.2, 0.25) is 0 Å². The molecule has 1 N–H and O–H groups in total. The van der Waals surface area contributed by atoms with E-state index in [0.717, 1.165) is 44.2 Å². The van der Waals surface area contributed by atoms with Crippen molar-refractivity contribution in [1.82, 2.24) is 15.3 Å². The van der Waals surface area contributed by atoms with Crippen LogP contribution in [0, 0.1) is 0 Å². The highest BCUT2D eigenvalue weighted by Gasteiger charge is 2.27. The molecule has 2 saturated carbocycles. The van der Waals surface area contributed by atoms with Crippen LogP contribution in [-0.2, 0) is 0 Å². The lowest BCUT2D eigenvalue weighted by Gasteiger charge is -2.33. The van der Waals surface area contributed by atoms with E-state index in [9.17, 15) is 4.79 Å². The largest absolute Gasteiger partial charge is 0.354 e. The van der Waals surface area contributed by atoms with Gasteiger partial charge >= 0.3 is 0 Å². The number of aromatic nitrogens is 2. The molecular weight excluding hydrogens is 285 g/mol. The number of carbonyl (C=O) groups is 1. The Labute approximate surface area is 140 Å². The highest BCUT2D eigenvalue weighted by Crippen LogP contribution is 2.32. The smallest absolute Gasteiger partial charge is 0.271 e. The van der Waals surface area contributed by atoms with Crippen molar-refractivity contribution in [2.45, 2.75) is 82.0 Å². The molecule has 2 aliphatic rings. The van der Waals surface area contributed by atoms with Crippen LogP contribution in [0.3, 0.4) is 0 Å². The van der Waals surface area contributed by atoms with Gasteiger partial charge in [0.25, 0.3) is 5.91 Å². The molecule has 1 heterocycles. The van der Waals surface area contributed by atoms with Crippen LogP contribution >= 0.6 is 0 Å². The van der Waals surface area contributed by atoms with E-state index in [1.165, 1.54) is 32.1 Å². The second-order valence-corrected chi connectivity index (χ2v) is 7.19. The lowest BCUT2D eigenvalue weighted by atomic mass is 9.69. The van der Waals surface area contributed by atoms with Crippen molar-refractivity contribution in [3.63, 3.8) is 0 Å². The SMILES string of the molecule is [B]C1(NC(=O)c2cncc(C3CCCC3)n2)CCCCCCC1. The van der Waals surface area contributed by atoms with Crippen molar-refractivity contribution in [3.05, 3.63) is 23.8 Å². The zero-order valence-electron chi connectivity index (χ0n) is 13.9. The van der Waals surface area contributed by atoms with E-state index in [1.807, 2.05) is 0 Å². The molecule has 0 saturated heterocycles. The fraction of sp³-hybridized carbons (Fsp3) is 0.722. The molecule has 0 spiro atoms. The standard InChI is InChI=1S/C18H26BN3O/c19-18(10-6-2-1-3-7-11-18)22-17(23)16-13-20-12-15(21-16)14-8-4-5-9-14/h12-14H,1-11H2,(H,22,23). The van der Waals surface area contributed by atoms with Crippen LogP contribution in [0.15, 0.2) is 12.4 Å². The maximum absolute atomic E-state index is 12.6. The van der Waals surface area contributed by atoms with E-state index in [0.29, 0.717) is 11.6 Å². The zero-order chi connectivity index (χ0) is 16.1. The Balaban J connectivity index is 1.68. The first kappa shape index (κ1) is 16.5. The molecule has 1 amide bonds. The molecule has 2 fully saturated rings. The molecule has 3 rings (SSSR count). The number of rotatable bonds is 3. The summed E-state index contributed by atoms with van der Waals surface area (Å²) in [6.45, 7) is 0. The highest BCUT2D eigenvalue weighted by atomic mass is 16.2. The molecular formula is C18H26BN3O. The number of nitrogens with zero attached hydrogens (tertiary/aromatic N) is 2. The van der Waals surface area contributed by atoms with Crippen LogP contribution in [0.4, 0.5) is 0 Å². The van der Waals surface area contributed by atoms with Gasteiger partial charge in [-0.2, -0.15) is 0 Å². The van der Waals surface area contributed by atoms with Gasteiger partial charge in [-0.25, -0.2) is 4.98 Å². The molecule has 0 bridgehead atoms. The molecule has 23 heavy (non-hydrogen) atoms. The van der Waals surface area contributed by atoms with Gasteiger partial charge in [0.15, 0.2) is 0 Å². The maximum atomic E-state index is 12.6. The Morgan fingerprint density at radius 3 is 2.39 bits per heavy atom. The molecule has 122 valence electrons. The summed E-state index contributed by atoms with van der Waals surface area (Å²) in [5, 5.41) is 3.03. The van der Waals surface area contributed by atoms with E-state index in [-0.39, 0.29) is 5.91 Å². The van der Waals surface area contributed by atoms with Gasteiger partial charge in [0.05, 0.1) is 11.9 Å². The summed E-state index contributed by atoms with van der Waals surface area (Å²) in [5.41, 5.74) is 0.767. The molecule has 0 aromatic carbocycles. The van der Waals surface area contributed by atoms with Gasteiger partial charge in [-0.1, -0.05) is 44.9 Å². The van der Waals surface area contributed by atoms with Gasteiger partial charge in [-0.3, -0.25) is 9.78 Å². The van der Waals surface area contributed by atoms with Crippen LogP contribution < -0.4 is 5.32 Å². The minimum absolute atomic E-state index is 0.180. The van der Waals surface area contributed by atoms with Crippen molar-refractivity contribution < 1.29 is 4.79 Å². The van der Waals surface area contributed by atoms with Crippen molar-refractivity contribution >= 4 is 13.8 Å². The summed E-state index contributed by atoms with van der Waals surface area (Å²) in [6.07, 6.45) is 15.7. The molecule has 0 unspecified atom stereocenters. The Morgan fingerprint density at radius 1 is 1.04 bits per heavy atom. The normalized spacial score (nSPS) is 22.3. The summed E-state index contributed by atoms with van der Waals surface area (Å²) in [7, 11) is 6.45. The van der Waals surface area contributed by atoms with Crippen molar-refractivity contribution in [2.75, 3.05) is 0 Å². The van der Waals surface area contributed by atoms with Crippen LogP contribution in [0.1, 0.15) is 92.7 Å². The molecule has 1 aromatic heterocycles. The molecule has 1 aromatic rings. The van der Waals surface area contributed by atoms with Gasteiger partial charge in [0.1, 0.15) is 13.5 Å². The Bertz CT molecular complexity index is 535. The van der Waals surface area contributed by atoms with Crippen LogP contribution in [0.25, 0.3) is 0 Å². The first-order chi connectivity index (χ1) is 11.2. The highest BCUT2D eigenvalue weighted by molar-refractivity contribution is 6.17. The van der Waals surface area contributed by atoms with Gasteiger partial charge in [-0.15, -0.1) is 0 Å². The minimum atomic E-state index is -0.595. The topological polar surface area (TPSA) is 54.9 Å². The van der Waals surface area contributed by atoms with Gasteiger partial charge in [-0.05, 0) is 25.7 Å². The van der Waals surface area contributed by atoms with Crippen LogP contribution in [-0.4, -0.2) is 29.2 Å². The predicted molar refractivity (Wildman–Crippen MR) is 91.5 cm³/mol. The van der Waals surface area contributed by atoms with E-state index in [2.05, 4.69) is 15.3 Å². The first-order valence-electron chi connectivity index (χ1n) is 9.10. The summed E-state index contributed by atoms with van der Waals surface area (Å²) in [4.78, 5) is 21.4. The summed E-state index contributed by atoms with van der Waals surface area (Å²) >= 11 is 0. The maximum Gasteiger partial charge on any atom is 0.271 e. The van der Waals surface area contributed by atoms with Crippen molar-refractivity contribution in [3.8, 4) is 0 Å². The summed E-state index contributed by atoms with van der Waals surface area (Å²) < 4.78 is 0. The third-order valence-corrected chi connectivity index (χ3v) is 5.27. The summed E-state index contributed by atoms with van der Waals surface area (Å²) in [5.74, 6) is 0.281. The summed E-state index contributed by atoms with van der Waals surface area (Å²) in [6, 6.07) is 0. The van der Waals surface area contributed by atoms with Crippen LogP contribution in [0.5, 0.6) is 0 Å². The third kappa shape index (κ3) is 4.33. The van der Waals surface area contributed by atoms with E-state index >= 15 is 0 Å². The third-order valence-electron chi connectivity index (χ3n) is 5.27. The average Bonchev–Trinajstić information content (AvgIpc) is 3.06. The number of nitrogens with one attached hydrogen (secondary N) is 1. The minimum Gasteiger partial charge on any atom is -0.354 e. The molecule has 4 nitrogen and oxygen atoms in total.